The number of benzene rings is 1. The van der Waals surface area contributed by atoms with Crippen LogP contribution in [0.15, 0.2) is 18.2 Å². The second-order valence-corrected chi connectivity index (χ2v) is 6.52. The molecule has 0 spiro atoms. The lowest BCUT2D eigenvalue weighted by atomic mass is 9.96. The van der Waals surface area contributed by atoms with Gasteiger partial charge in [-0.05, 0) is 42.5 Å². The molecule has 1 N–H and O–H groups in total. The molecule has 0 unspecified atom stereocenters. The molecule has 0 radical (unpaired) electrons. The predicted octanol–water partition coefficient (Wildman–Crippen LogP) is 2.91. The van der Waals surface area contributed by atoms with Crippen LogP contribution in [0.4, 0.5) is 0 Å². The maximum atomic E-state index is 12.4. The van der Waals surface area contributed by atoms with Crippen molar-refractivity contribution in [1.82, 2.24) is 10.2 Å². The Morgan fingerprint density at radius 3 is 2.59 bits per heavy atom. The zero-order chi connectivity index (χ0) is 16.1. The summed E-state index contributed by atoms with van der Waals surface area (Å²) in [6, 6.07) is 5.17. The lowest BCUT2D eigenvalue weighted by molar-refractivity contribution is -0.132. The molecule has 1 heterocycles. The lowest BCUT2D eigenvalue weighted by Crippen LogP contribution is -2.41. The van der Waals surface area contributed by atoms with Crippen molar-refractivity contribution in [3.05, 3.63) is 33.8 Å². The molecule has 1 saturated heterocycles. The number of hydrogen-bond donors (Lipinski definition) is 1. The third kappa shape index (κ3) is 4.89. The molecule has 0 aromatic heterocycles. The van der Waals surface area contributed by atoms with Crippen LogP contribution in [0, 0.1) is 5.92 Å². The minimum atomic E-state index is -0.00546. The number of nitrogens with zero attached hydrogens (tertiary/aromatic N) is 1. The molecule has 22 heavy (non-hydrogen) atoms. The normalized spacial score (nSPS) is 15.7. The molecule has 6 heteroatoms. The number of rotatable bonds is 4. The number of likely N-dealkylation sites (tertiary alicyclic amines) is 1. The summed E-state index contributed by atoms with van der Waals surface area (Å²) < 4.78 is 0. The van der Waals surface area contributed by atoms with E-state index in [9.17, 15) is 9.59 Å². The molecular weight excluding hydrogens is 323 g/mol. The summed E-state index contributed by atoms with van der Waals surface area (Å²) in [4.78, 5) is 25.1. The van der Waals surface area contributed by atoms with Crippen molar-refractivity contribution in [3.8, 4) is 0 Å². The Kier molecular flexibility index (Phi) is 6.09. The number of piperidine rings is 1. The number of halogens is 2. The van der Waals surface area contributed by atoms with Gasteiger partial charge in [0.1, 0.15) is 0 Å². The predicted molar refractivity (Wildman–Crippen MR) is 88.2 cm³/mol. The van der Waals surface area contributed by atoms with Gasteiger partial charge in [-0.25, -0.2) is 0 Å². The van der Waals surface area contributed by atoms with Gasteiger partial charge in [-0.1, -0.05) is 23.2 Å². The first-order chi connectivity index (χ1) is 10.5. The number of carbonyl (C=O) groups excluding carboxylic acids is 2. The Bertz CT molecular complexity index is 555. The van der Waals surface area contributed by atoms with Gasteiger partial charge < -0.3 is 10.2 Å². The standard InChI is InChI=1S/C16H20Cl2N2O2/c1-11(21)19-10-12-4-6-20(7-5-12)16(22)9-13-8-14(17)2-3-15(13)18/h2-3,8,12H,4-7,9-10H2,1H3,(H,19,21). The van der Waals surface area contributed by atoms with Crippen molar-refractivity contribution in [2.75, 3.05) is 19.6 Å². The number of amides is 2. The molecule has 0 bridgehead atoms. The van der Waals surface area contributed by atoms with Gasteiger partial charge in [0.05, 0.1) is 6.42 Å². The molecule has 0 aliphatic carbocycles. The SMILES string of the molecule is CC(=O)NCC1CCN(C(=O)Cc2cc(Cl)ccc2Cl)CC1. The van der Waals surface area contributed by atoms with Crippen LogP contribution in [0.5, 0.6) is 0 Å². The van der Waals surface area contributed by atoms with Gasteiger partial charge in [0.2, 0.25) is 11.8 Å². The van der Waals surface area contributed by atoms with E-state index in [-0.39, 0.29) is 18.2 Å². The van der Waals surface area contributed by atoms with Gasteiger partial charge >= 0.3 is 0 Å². The van der Waals surface area contributed by atoms with E-state index in [0.717, 1.165) is 31.5 Å². The first kappa shape index (κ1) is 17.1. The summed E-state index contributed by atoms with van der Waals surface area (Å²) in [5.41, 5.74) is 0.763. The van der Waals surface area contributed by atoms with Crippen molar-refractivity contribution >= 4 is 35.0 Å². The summed E-state index contributed by atoms with van der Waals surface area (Å²) in [5, 5.41) is 3.99. The van der Waals surface area contributed by atoms with Crippen LogP contribution >= 0.6 is 23.2 Å². The monoisotopic (exact) mass is 342 g/mol. The van der Waals surface area contributed by atoms with Gasteiger partial charge in [-0.3, -0.25) is 9.59 Å². The highest BCUT2D eigenvalue weighted by atomic mass is 35.5. The Labute approximate surface area is 140 Å². The number of nitrogens with one attached hydrogen (secondary N) is 1. The van der Waals surface area contributed by atoms with Crippen LogP contribution in [0.1, 0.15) is 25.3 Å². The van der Waals surface area contributed by atoms with E-state index in [4.69, 9.17) is 23.2 Å². The summed E-state index contributed by atoms with van der Waals surface area (Å²) in [6.07, 6.45) is 2.10. The van der Waals surface area contributed by atoms with Gasteiger partial charge in [0.25, 0.3) is 0 Å². The quantitative estimate of drug-likeness (QED) is 0.914. The van der Waals surface area contributed by atoms with Crippen molar-refractivity contribution < 1.29 is 9.59 Å². The number of carbonyl (C=O) groups is 2. The highest BCUT2D eigenvalue weighted by Gasteiger charge is 2.23. The third-order valence-electron chi connectivity index (χ3n) is 3.96. The average Bonchev–Trinajstić information content (AvgIpc) is 2.49. The molecule has 0 saturated carbocycles. The summed E-state index contributed by atoms with van der Waals surface area (Å²) in [5.74, 6) is 0.513. The van der Waals surface area contributed by atoms with Crippen molar-refractivity contribution in [3.63, 3.8) is 0 Å². The van der Waals surface area contributed by atoms with E-state index in [1.807, 2.05) is 4.90 Å². The minimum absolute atomic E-state index is 0.00546. The first-order valence-electron chi connectivity index (χ1n) is 7.42. The smallest absolute Gasteiger partial charge is 0.227 e. The Morgan fingerprint density at radius 1 is 1.27 bits per heavy atom. The fourth-order valence-electron chi connectivity index (χ4n) is 2.63. The van der Waals surface area contributed by atoms with E-state index in [2.05, 4.69) is 5.32 Å². The number of hydrogen-bond acceptors (Lipinski definition) is 2. The van der Waals surface area contributed by atoms with Gasteiger partial charge in [-0.15, -0.1) is 0 Å². The average molecular weight is 343 g/mol. The van der Waals surface area contributed by atoms with Crippen LogP contribution in [-0.2, 0) is 16.0 Å². The molecule has 2 amide bonds. The largest absolute Gasteiger partial charge is 0.356 e. The van der Waals surface area contributed by atoms with Gasteiger partial charge in [0.15, 0.2) is 0 Å². The Morgan fingerprint density at radius 2 is 1.95 bits per heavy atom. The fraction of sp³-hybridized carbons (Fsp3) is 0.500. The van der Waals surface area contributed by atoms with E-state index >= 15 is 0 Å². The Balaban J connectivity index is 1.85. The highest BCUT2D eigenvalue weighted by Crippen LogP contribution is 2.23. The Hall–Kier alpha value is -1.26. The zero-order valence-corrected chi connectivity index (χ0v) is 14.1. The minimum Gasteiger partial charge on any atom is -0.356 e. The molecule has 4 nitrogen and oxygen atoms in total. The second-order valence-electron chi connectivity index (χ2n) is 5.67. The van der Waals surface area contributed by atoms with Crippen molar-refractivity contribution in [2.45, 2.75) is 26.2 Å². The molecule has 0 atom stereocenters. The van der Waals surface area contributed by atoms with E-state index < -0.39 is 0 Å². The maximum absolute atomic E-state index is 12.4. The summed E-state index contributed by atoms with van der Waals surface area (Å²) in [6.45, 7) is 3.66. The molecule has 120 valence electrons. The van der Waals surface area contributed by atoms with Gasteiger partial charge in [-0.2, -0.15) is 0 Å². The van der Waals surface area contributed by atoms with Crippen LogP contribution in [0.25, 0.3) is 0 Å². The van der Waals surface area contributed by atoms with E-state index in [1.54, 1.807) is 18.2 Å². The van der Waals surface area contributed by atoms with Crippen LogP contribution in [0.2, 0.25) is 10.0 Å². The summed E-state index contributed by atoms with van der Waals surface area (Å²) in [7, 11) is 0. The third-order valence-corrected chi connectivity index (χ3v) is 4.56. The van der Waals surface area contributed by atoms with Crippen LogP contribution in [0.3, 0.4) is 0 Å². The molecule has 1 aliphatic rings. The fourth-order valence-corrected chi connectivity index (χ4v) is 3.01. The molecule has 1 aromatic carbocycles. The van der Waals surface area contributed by atoms with Crippen LogP contribution in [-0.4, -0.2) is 36.3 Å². The molecule has 1 aliphatic heterocycles. The molecule has 1 aromatic rings. The second kappa shape index (κ2) is 7.84. The van der Waals surface area contributed by atoms with Crippen molar-refractivity contribution in [1.29, 1.82) is 0 Å². The van der Waals surface area contributed by atoms with Gasteiger partial charge in [0, 0.05) is 36.6 Å². The molecule has 1 fully saturated rings. The first-order valence-corrected chi connectivity index (χ1v) is 8.17. The zero-order valence-electron chi connectivity index (χ0n) is 12.6. The molecule has 2 rings (SSSR count). The topological polar surface area (TPSA) is 49.4 Å². The van der Waals surface area contributed by atoms with Crippen molar-refractivity contribution in [2.24, 2.45) is 5.92 Å². The van der Waals surface area contributed by atoms with Crippen LogP contribution < -0.4 is 5.32 Å². The van der Waals surface area contributed by atoms with E-state index in [0.29, 0.717) is 22.5 Å². The maximum Gasteiger partial charge on any atom is 0.227 e. The molecular formula is C16H20Cl2N2O2. The highest BCUT2D eigenvalue weighted by molar-refractivity contribution is 6.33. The van der Waals surface area contributed by atoms with E-state index in [1.165, 1.54) is 6.92 Å². The lowest BCUT2D eigenvalue weighted by Gasteiger charge is -2.32. The summed E-state index contributed by atoms with van der Waals surface area (Å²) >= 11 is 12.1.